The Morgan fingerprint density at radius 2 is 2.14 bits per heavy atom. The molecule has 2 aromatic heterocycles. The summed E-state index contributed by atoms with van der Waals surface area (Å²) in [5.74, 6) is -1.33. The van der Waals surface area contributed by atoms with Gasteiger partial charge in [-0.1, -0.05) is 13.8 Å². The van der Waals surface area contributed by atoms with Crippen molar-refractivity contribution in [3.63, 3.8) is 0 Å². The molecule has 2 rings (SSSR count). The van der Waals surface area contributed by atoms with Crippen LogP contribution in [0.5, 0.6) is 0 Å². The molecule has 0 fully saturated rings. The van der Waals surface area contributed by atoms with Gasteiger partial charge in [0.25, 0.3) is 5.91 Å². The first-order valence-corrected chi connectivity index (χ1v) is 6.96. The fourth-order valence-corrected chi connectivity index (χ4v) is 2.00. The summed E-state index contributed by atoms with van der Waals surface area (Å²) in [5, 5.41) is 15.8. The minimum Gasteiger partial charge on any atom is -0.480 e. The quantitative estimate of drug-likeness (QED) is 0.842. The number of hydrogen-bond acceptors (Lipinski definition) is 4. The standard InChI is InChI=1S/C15H18N4O3/c1-10(2)6-13(15(21)22)18-14(20)11-7-17-19(9-11)12-4-3-5-16-8-12/h3-5,7-10,13H,6H2,1-2H3,(H,18,20)(H,21,22)/t13-/m1/s1. The Kier molecular flexibility index (Phi) is 4.88. The number of pyridine rings is 1. The monoisotopic (exact) mass is 302 g/mol. The van der Waals surface area contributed by atoms with Crippen molar-refractivity contribution in [2.24, 2.45) is 5.92 Å². The Hall–Kier alpha value is -2.70. The molecule has 0 bridgehead atoms. The molecule has 0 saturated carbocycles. The fraction of sp³-hybridized carbons (Fsp3) is 0.333. The molecule has 7 nitrogen and oxygen atoms in total. The number of rotatable bonds is 6. The molecule has 0 aliphatic rings. The molecular formula is C15H18N4O3. The van der Waals surface area contributed by atoms with Gasteiger partial charge in [0.2, 0.25) is 0 Å². The van der Waals surface area contributed by atoms with E-state index in [-0.39, 0.29) is 5.92 Å². The molecule has 22 heavy (non-hydrogen) atoms. The first kappa shape index (κ1) is 15.7. The van der Waals surface area contributed by atoms with Gasteiger partial charge in [0.05, 0.1) is 23.6 Å². The van der Waals surface area contributed by atoms with E-state index in [2.05, 4.69) is 15.4 Å². The fourth-order valence-electron chi connectivity index (χ4n) is 2.00. The van der Waals surface area contributed by atoms with E-state index < -0.39 is 17.9 Å². The van der Waals surface area contributed by atoms with E-state index in [1.807, 2.05) is 13.8 Å². The average Bonchev–Trinajstić information content (AvgIpc) is 2.96. The summed E-state index contributed by atoms with van der Waals surface area (Å²) in [6.07, 6.45) is 6.58. The molecule has 2 N–H and O–H groups in total. The molecule has 116 valence electrons. The Bertz CT molecular complexity index is 652. The van der Waals surface area contributed by atoms with Crippen LogP contribution in [0.15, 0.2) is 36.9 Å². The van der Waals surface area contributed by atoms with E-state index in [9.17, 15) is 9.59 Å². The third-order valence-corrected chi connectivity index (χ3v) is 3.07. The van der Waals surface area contributed by atoms with Gasteiger partial charge in [-0.05, 0) is 24.5 Å². The maximum atomic E-state index is 12.1. The predicted octanol–water partition coefficient (Wildman–Crippen LogP) is 1.50. The number of carbonyl (C=O) groups is 2. The summed E-state index contributed by atoms with van der Waals surface area (Å²) < 4.78 is 1.51. The van der Waals surface area contributed by atoms with Gasteiger partial charge in [-0.15, -0.1) is 0 Å². The molecule has 0 spiro atoms. The van der Waals surface area contributed by atoms with Crippen LogP contribution in [0.4, 0.5) is 0 Å². The van der Waals surface area contributed by atoms with E-state index in [4.69, 9.17) is 5.11 Å². The predicted molar refractivity (Wildman–Crippen MR) is 79.7 cm³/mol. The maximum Gasteiger partial charge on any atom is 0.326 e. The van der Waals surface area contributed by atoms with Crippen LogP contribution in [-0.4, -0.2) is 37.8 Å². The van der Waals surface area contributed by atoms with Crippen LogP contribution in [0.25, 0.3) is 5.69 Å². The lowest BCUT2D eigenvalue weighted by Gasteiger charge is -2.15. The molecule has 0 saturated heterocycles. The minimum absolute atomic E-state index is 0.166. The zero-order valence-corrected chi connectivity index (χ0v) is 12.4. The second-order valence-electron chi connectivity index (χ2n) is 5.38. The highest BCUT2D eigenvalue weighted by atomic mass is 16.4. The number of carboxylic acid groups (broad SMARTS) is 1. The molecule has 0 radical (unpaired) electrons. The van der Waals surface area contributed by atoms with Crippen molar-refractivity contribution in [3.8, 4) is 5.69 Å². The van der Waals surface area contributed by atoms with Gasteiger partial charge in [-0.2, -0.15) is 5.10 Å². The normalized spacial score (nSPS) is 12.1. The Labute approximate surface area is 128 Å². The lowest BCUT2D eigenvalue weighted by Crippen LogP contribution is -2.41. The van der Waals surface area contributed by atoms with Crippen LogP contribution in [0.2, 0.25) is 0 Å². The maximum absolute atomic E-state index is 12.1. The van der Waals surface area contributed by atoms with Gasteiger partial charge in [0.15, 0.2) is 0 Å². The van der Waals surface area contributed by atoms with Crippen LogP contribution in [0, 0.1) is 5.92 Å². The van der Waals surface area contributed by atoms with Crippen molar-refractivity contribution in [3.05, 3.63) is 42.5 Å². The number of nitrogens with zero attached hydrogens (tertiary/aromatic N) is 3. The Morgan fingerprint density at radius 3 is 2.73 bits per heavy atom. The highest BCUT2D eigenvalue weighted by Gasteiger charge is 2.22. The minimum atomic E-state index is -1.04. The van der Waals surface area contributed by atoms with E-state index in [0.717, 1.165) is 5.69 Å². The topological polar surface area (TPSA) is 97.1 Å². The first-order chi connectivity index (χ1) is 10.5. The molecule has 2 heterocycles. The van der Waals surface area contributed by atoms with Gasteiger partial charge in [-0.25, -0.2) is 9.48 Å². The number of amides is 1. The van der Waals surface area contributed by atoms with Gasteiger partial charge >= 0.3 is 5.97 Å². The molecule has 2 aromatic rings. The Morgan fingerprint density at radius 1 is 1.36 bits per heavy atom. The lowest BCUT2D eigenvalue weighted by atomic mass is 10.0. The zero-order valence-electron chi connectivity index (χ0n) is 12.4. The third kappa shape index (κ3) is 3.91. The van der Waals surface area contributed by atoms with Crippen molar-refractivity contribution in [1.29, 1.82) is 0 Å². The number of hydrogen-bond donors (Lipinski definition) is 2. The second kappa shape index (κ2) is 6.84. The van der Waals surface area contributed by atoms with Crippen molar-refractivity contribution in [1.82, 2.24) is 20.1 Å². The molecule has 7 heteroatoms. The number of aromatic nitrogens is 3. The second-order valence-corrected chi connectivity index (χ2v) is 5.38. The van der Waals surface area contributed by atoms with E-state index in [0.29, 0.717) is 12.0 Å². The van der Waals surface area contributed by atoms with E-state index in [1.54, 1.807) is 30.7 Å². The van der Waals surface area contributed by atoms with Gasteiger partial charge in [0.1, 0.15) is 6.04 Å². The molecule has 1 amide bonds. The van der Waals surface area contributed by atoms with Crippen molar-refractivity contribution < 1.29 is 14.7 Å². The lowest BCUT2D eigenvalue weighted by molar-refractivity contribution is -0.139. The van der Waals surface area contributed by atoms with Crippen molar-refractivity contribution in [2.75, 3.05) is 0 Å². The van der Waals surface area contributed by atoms with Crippen LogP contribution in [-0.2, 0) is 4.79 Å². The van der Waals surface area contributed by atoms with Gasteiger partial charge in [-0.3, -0.25) is 9.78 Å². The molecular weight excluding hydrogens is 284 g/mol. The summed E-state index contributed by atoms with van der Waals surface area (Å²) in [6.45, 7) is 3.81. The SMILES string of the molecule is CC(C)C[C@@H](NC(=O)c1cnn(-c2cccnc2)c1)C(=O)O. The van der Waals surface area contributed by atoms with E-state index in [1.165, 1.54) is 10.9 Å². The molecule has 0 aliphatic carbocycles. The van der Waals surface area contributed by atoms with Gasteiger partial charge in [0, 0.05) is 12.4 Å². The summed E-state index contributed by atoms with van der Waals surface area (Å²) in [7, 11) is 0. The van der Waals surface area contributed by atoms with Crippen LogP contribution >= 0.6 is 0 Å². The van der Waals surface area contributed by atoms with E-state index >= 15 is 0 Å². The number of carbonyl (C=O) groups excluding carboxylic acids is 1. The van der Waals surface area contributed by atoms with Crippen LogP contribution < -0.4 is 5.32 Å². The van der Waals surface area contributed by atoms with Gasteiger partial charge < -0.3 is 10.4 Å². The zero-order chi connectivity index (χ0) is 16.1. The van der Waals surface area contributed by atoms with Crippen LogP contribution in [0.3, 0.4) is 0 Å². The smallest absolute Gasteiger partial charge is 0.326 e. The number of aliphatic carboxylic acids is 1. The van der Waals surface area contributed by atoms with Crippen molar-refractivity contribution >= 4 is 11.9 Å². The summed E-state index contributed by atoms with van der Waals surface area (Å²) in [5.41, 5.74) is 1.03. The highest BCUT2D eigenvalue weighted by molar-refractivity contribution is 5.96. The third-order valence-electron chi connectivity index (χ3n) is 3.07. The van der Waals surface area contributed by atoms with Crippen molar-refractivity contribution in [2.45, 2.75) is 26.3 Å². The Balaban J connectivity index is 2.10. The molecule has 0 aromatic carbocycles. The summed E-state index contributed by atoms with van der Waals surface area (Å²) in [4.78, 5) is 27.3. The summed E-state index contributed by atoms with van der Waals surface area (Å²) >= 11 is 0. The number of carboxylic acids is 1. The summed E-state index contributed by atoms with van der Waals surface area (Å²) in [6, 6.07) is 2.66. The highest BCUT2D eigenvalue weighted by Crippen LogP contribution is 2.09. The largest absolute Gasteiger partial charge is 0.480 e. The molecule has 0 unspecified atom stereocenters. The molecule has 1 atom stereocenters. The average molecular weight is 302 g/mol. The van der Waals surface area contributed by atoms with Crippen LogP contribution in [0.1, 0.15) is 30.6 Å². The first-order valence-electron chi connectivity index (χ1n) is 6.96. The molecule has 0 aliphatic heterocycles. The number of nitrogens with one attached hydrogen (secondary N) is 1.